The molecule has 0 saturated carbocycles. The van der Waals surface area contributed by atoms with E-state index in [2.05, 4.69) is 0 Å². The highest BCUT2D eigenvalue weighted by Gasteiger charge is 2.15. The summed E-state index contributed by atoms with van der Waals surface area (Å²) in [6.45, 7) is 0. The molecule has 49 valence electrons. The maximum atomic E-state index is 10.3. The summed E-state index contributed by atoms with van der Waals surface area (Å²) in [5.74, 6) is -0.144. The molecule has 0 bridgehead atoms. The molecule has 2 heterocycles. The molecule has 0 N–H and O–H groups in total. The molecule has 1 aliphatic rings. The molecular formula is C8H6NO. The summed E-state index contributed by atoms with van der Waals surface area (Å²) < 4.78 is 1.93. The van der Waals surface area contributed by atoms with Gasteiger partial charge < -0.3 is 4.57 Å². The van der Waals surface area contributed by atoms with E-state index in [4.69, 9.17) is 0 Å². The number of allylic oxidation sites excluding steroid dienone is 1. The summed E-state index contributed by atoms with van der Waals surface area (Å²) in [6, 6.07) is 3.85. The molecule has 2 heteroatoms. The Bertz CT molecular complexity index is 285. The number of carbonyl (C=O) groups excluding carboxylic acids is 1. The number of rotatable bonds is 1. The van der Waals surface area contributed by atoms with Crippen LogP contribution in [0.3, 0.4) is 0 Å². The Kier molecular flexibility index (Phi) is 1.01. The molecular weight excluding hydrogens is 126 g/mol. The van der Waals surface area contributed by atoms with Gasteiger partial charge in [0.2, 0.25) is 6.29 Å². The lowest BCUT2D eigenvalue weighted by Gasteiger charge is -1.95. The van der Waals surface area contributed by atoms with Gasteiger partial charge in [0, 0.05) is 18.1 Å². The standard InChI is InChI=1S/C8H6NO/c10-6-7-3-5-9-4-1-2-8(7)9/h1-5,7H. The van der Waals surface area contributed by atoms with E-state index in [1.807, 2.05) is 41.5 Å². The molecule has 0 saturated heterocycles. The van der Waals surface area contributed by atoms with Crippen molar-refractivity contribution >= 4 is 12.5 Å². The zero-order chi connectivity index (χ0) is 6.97. The van der Waals surface area contributed by atoms with E-state index < -0.39 is 0 Å². The Morgan fingerprint density at radius 2 is 2.50 bits per heavy atom. The number of hydrogen-bond acceptors (Lipinski definition) is 1. The summed E-state index contributed by atoms with van der Waals surface area (Å²) >= 11 is 0. The van der Waals surface area contributed by atoms with Gasteiger partial charge in [0.25, 0.3) is 0 Å². The molecule has 2 nitrogen and oxygen atoms in total. The van der Waals surface area contributed by atoms with Crippen LogP contribution in [0.4, 0.5) is 0 Å². The SMILES string of the molecule is O=[C]C1C=Cn2cccc21. The van der Waals surface area contributed by atoms with Crippen LogP contribution in [-0.4, -0.2) is 10.9 Å². The molecule has 0 aromatic carbocycles. The van der Waals surface area contributed by atoms with Crippen LogP contribution in [0.15, 0.2) is 24.4 Å². The van der Waals surface area contributed by atoms with Crippen molar-refractivity contribution in [3.8, 4) is 0 Å². The maximum absolute atomic E-state index is 10.3. The molecule has 10 heavy (non-hydrogen) atoms. The first-order chi connectivity index (χ1) is 4.92. The smallest absolute Gasteiger partial charge is 0.212 e. The Balaban J connectivity index is 2.52. The van der Waals surface area contributed by atoms with Crippen molar-refractivity contribution in [3.63, 3.8) is 0 Å². The van der Waals surface area contributed by atoms with Crippen molar-refractivity contribution in [1.29, 1.82) is 0 Å². The summed E-state index contributed by atoms with van der Waals surface area (Å²) in [5, 5.41) is 0. The Morgan fingerprint density at radius 3 is 3.30 bits per heavy atom. The van der Waals surface area contributed by atoms with Gasteiger partial charge in [0.15, 0.2) is 0 Å². The summed E-state index contributed by atoms with van der Waals surface area (Å²) in [5.41, 5.74) is 1.01. The normalized spacial score (nSPS) is 21.0. The number of hydrogen-bond donors (Lipinski definition) is 0. The molecule has 2 rings (SSSR count). The Labute approximate surface area is 58.8 Å². The average molecular weight is 132 g/mol. The van der Waals surface area contributed by atoms with Gasteiger partial charge in [0.1, 0.15) is 0 Å². The second-order valence-electron chi connectivity index (χ2n) is 2.28. The number of fused-ring (bicyclic) bond motifs is 1. The van der Waals surface area contributed by atoms with E-state index >= 15 is 0 Å². The quantitative estimate of drug-likeness (QED) is 0.562. The molecule has 0 aliphatic carbocycles. The van der Waals surface area contributed by atoms with Crippen molar-refractivity contribution < 1.29 is 4.79 Å². The molecule has 0 fully saturated rings. The van der Waals surface area contributed by atoms with Crippen molar-refractivity contribution in [2.24, 2.45) is 0 Å². The van der Waals surface area contributed by atoms with Gasteiger partial charge >= 0.3 is 0 Å². The minimum atomic E-state index is -0.144. The summed E-state index contributed by atoms with van der Waals surface area (Å²) in [7, 11) is 0. The van der Waals surface area contributed by atoms with Crippen molar-refractivity contribution in [2.45, 2.75) is 5.92 Å². The highest BCUT2D eigenvalue weighted by Crippen LogP contribution is 2.22. The molecule has 1 unspecified atom stereocenters. The predicted octanol–water partition coefficient (Wildman–Crippen LogP) is 1.17. The average Bonchev–Trinajstić information content (AvgIpc) is 2.44. The lowest BCUT2D eigenvalue weighted by molar-refractivity contribution is 0.550. The van der Waals surface area contributed by atoms with E-state index in [1.165, 1.54) is 0 Å². The largest absolute Gasteiger partial charge is 0.327 e. The topological polar surface area (TPSA) is 22.0 Å². The van der Waals surface area contributed by atoms with Crippen molar-refractivity contribution in [3.05, 3.63) is 30.1 Å². The maximum Gasteiger partial charge on any atom is 0.212 e. The molecule has 1 aromatic rings. The zero-order valence-electron chi connectivity index (χ0n) is 5.32. The number of nitrogens with zero attached hydrogens (tertiary/aromatic N) is 1. The fourth-order valence-electron chi connectivity index (χ4n) is 1.18. The van der Waals surface area contributed by atoms with Crippen LogP contribution in [0, 0.1) is 0 Å². The molecule has 0 amide bonds. The summed E-state index contributed by atoms with van der Waals surface area (Å²) in [4.78, 5) is 10.3. The number of aromatic nitrogens is 1. The van der Waals surface area contributed by atoms with Gasteiger partial charge in [-0.2, -0.15) is 0 Å². The first-order valence-electron chi connectivity index (χ1n) is 3.14. The highest BCUT2D eigenvalue weighted by atomic mass is 16.1. The van der Waals surface area contributed by atoms with Gasteiger partial charge in [-0.25, -0.2) is 0 Å². The van der Waals surface area contributed by atoms with Gasteiger partial charge in [-0.05, 0) is 12.1 Å². The third kappa shape index (κ3) is 0.559. The van der Waals surface area contributed by atoms with Crippen molar-refractivity contribution in [2.75, 3.05) is 0 Å². The predicted molar refractivity (Wildman–Crippen MR) is 38.2 cm³/mol. The first-order valence-corrected chi connectivity index (χ1v) is 3.14. The second kappa shape index (κ2) is 1.84. The van der Waals surface area contributed by atoms with Crippen LogP contribution in [-0.2, 0) is 4.79 Å². The fourth-order valence-corrected chi connectivity index (χ4v) is 1.18. The monoisotopic (exact) mass is 132 g/mol. The van der Waals surface area contributed by atoms with Gasteiger partial charge in [-0.15, -0.1) is 0 Å². The molecule has 0 spiro atoms. The summed E-state index contributed by atoms with van der Waals surface area (Å²) in [6.07, 6.45) is 7.58. The highest BCUT2D eigenvalue weighted by molar-refractivity contribution is 5.69. The third-order valence-corrected chi connectivity index (χ3v) is 1.70. The van der Waals surface area contributed by atoms with Gasteiger partial charge in [-0.3, -0.25) is 4.79 Å². The van der Waals surface area contributed by atoms with E-state index in [0.717, 1.165) is 5.69 Å². The van der Waals surface area contributed by atoms with E-state index in [0.29, 0.717) is 0 Å². The van der Waals surface area contributed by atoms with Gasteiger partial charge in [-0.1, -0.05) is 6.08 Å². The Hall–Kier alpha value is -1.31. The van der Waals surface area contributed by atoms with E-state index in [9.17, 15) is 4.79 Å². The molecule has 1 atom stereocenters. The Morgan fingerprint density at radius 1 is 1.60 bits per heavy atom. The zero-order valence-corrected chi connectivity index (χ0v) is 5.32. The molecule has 1 radical (unpaired) electrons. The van der Waals surface area contributed by atoms with Crippen molar-refractivity contribution in [1.82, 2.24) is 4.57 Å². The van der Waals surface area contributed by atoms with Crippen LogP contribution in [0.2, 0.25) is 0 Å². The van der Waals surface area contributed by atoms with Crippen LogP contribution in [0.5, 0.6) is 0 Å². The van der Waals surface area contributed by atoms with Crippen LogP contribution in [0.1, 0.15) is 11.6 Å². The van der Waals surface area contributed by atoms with Crippen LogP contribution in [0.25, 0.3) is 6.20 Å². The molecule has 1 aliphatic heterocycles. The lowest BCUT2D eigenvalue weighted by Crippen LogP contribution is -1.93. The second-order valence-corrected chi connectivity index (χ2v) is 2.28. The minimum Gasteiger partial charge on any atom is -0.327 e. The first kappa shape index (κ1) is 5.47. The van der Waals surface area contributed by atoms with E-state index in [1.54, 1.807) is 0 Å². The molecule has 1 aromatic heterocycles. The van der Waals surface area contributed by atoms with Gasteiger partial charge in [0.05, 0.1) is 5.92 Å². The fraction of sp³-hybridized carbons (Fsp3) is 0.125. The van der Waals surface area contributed by atoms with E-state index in [-0.39, 0.29) is 5.92 Å². The lowest BCUT2D eigenvalue weighted by atomic mass is 10.1. The minimum absolute atomic E-state index is 0.144. The van der Waals surface area contributed by atoms with Crippen LogP contribution < -0.4 is 0 Å². The third-order valence-electron chi connectivity index (χ3n) is 1.70. The van der Waals surface area contributed by atoms with Crippen LogP contribution >= 0.6 is 0 Å².